The summed E-state index contributed by atoms with van der Waals surface area (Å²) in [4.78, 5) is 16.2. The Morgan fingerprint density at radius 1 is 1.38 bits per heavy atom. The highest BCUT2D eigenvalue weighted by Crippen LogP contribution is 2.42. The van der Waals surface area contributed by atoms with Gasteiger partial charge in [0.25, 0.3) is 0 Å². The zero-order valence-electron chi connectivity index (χ0n) is 15.7. The number of carbonyl (C=O) groups is 1. The average Bonchev–Trinajstić information content (AvgIpc) is 3.36. The van der Waals surface area contributed by atoms with Gasteiger partial charge >= 0.3 is 11.9 Å². The second-order valence-electron chi connectivity index (χ2n) is 7.56. The van der Waals surface area contributed by atoms with Crippen molar-refractivity contribution >= 4 is 17.5 Å². The molecule has 1 saturated heterocycles. The van der Waals surface area contributed by atoms with Crippen LogP contribution in [0.2, 0.25) is 0 Å². The second-order valence-corrected chi connectivity index (χ2v) is 7.56. The minimum absolute atomic E-state index is 0.204. The molecule has 2 aromatic rings. The monoisotopic (exact) mass is 403 g/mol. The lowest BCUT2D eigenvalue weighted by Gasteiger charge is -2.28. The summed E-state index contributed by atoms with van der Waals surface area (Å²) in [5, 5.41) is 34.7. The van der Waals surface area contributed by atoms with Crippen LogP contribution in [0.25, 0.3) is 5.52 Å². The Kier molecular flexibility index (Phi) is 4.57. The van der Waals surface area contributed by atoms with Gasteiger partial charge in [0.2, 0.25) is 0 Å². The molecular formula is C18H21N5O6. The van der Waals surface area contributed by atoms with Crippen LogP contribution in [0.4, 0.5) is 10.6 Å². The Bertz CT molecular complexity index is 981. The quantitative estimate of drug-likeness (QED) is 0.624. The van der Waals surface area contributed by atoms with Crippen LogP contribution in [0, 0.1) is 11.3 Å². The van der Waals surface area contributed by atoms with Crippen molar-refractivity contribution in [1.29, 1.82) is 5.26 Å². The van der Waals surface area contributed by atoms with Crippen LogP contribution in [-0.2, 0) is 14.2 Å². The second kappa shape index (κ2) is 6.84. The molecule has 0 unspecified atom stereocenters. The molecule has 11 nitrogen and oxygen atoms in total. The first-order valence-corrected chi connectivity index (χ1v) is 9.24. The molecule has 3 heterocycles. The molecule has 1 saturated carbocycles. The van der Waals surface area contributed by atoms with E-state index in [9.17, 15) is 20.3 Å². The van der Waals surface area contributed by atoms with E-state index in [1.807, 2.05) is 0 Å². The van der Waals surface area contributed by atoms with Crippen molar-refractivity contribution in [1.82, 2.24) is 14.6 Å². The third-order valence-corrected chi connectivity index (χ3v) is 5.51. The maximum atomic E-state index is 12.3. The highest BCUT2D eigenvalue weighted by atomic mass is 16.8. The van der Waals surface area contributed by atoms with E-state index in [2.05, 4.69) is 10.1 Å². The Morgan fingerprint density at radius 3 is 2.79 bits per heavy atom. The van der Waals surface area contributed by atoms with Crippen LogP contribution >= 0.6 is 0 Å². The van der Waals surface area contributed by atoms with E-state index in [1.54, 1.807) is 25.1 Å². The highest BCUT2D eigenvalue weighted by molar-refractivity contribution is 5.65. The highest BCUT2D eigenvalue weighted by Gasteiger charge is 2.60. The summed E-state index contributed by atoms with van der Waals surface area (Å²) in [5.41, 5.74) is 5.87. The number of hydrogen-bond acceptors (Lipinski definition) is 10. The van der Waals surface area contributed by atoms with Crippen molar-refractivity contribution in [2.24, 2.45) is 0 Å². The number of aliphatic hydroxyl groups excluding tert-OH is 2. The van der Waals surface area contributed by atoms with Crippen molar-refractivity contribution < 1.29 is 29.2 Å². The number of nitrogens with two attached hydrogens (primary N) is 1. The van der Waals surface area contributed by atoms with Crippen molar-refractivity contribution in [3.8, 4) is 6.07 Å². The van der Waals surface area contributed by atoms with Gasteiger partial charge in [-0.3, -0.25) is 0 Å². The number of fused-ring (bicyclic) bond motifs is 1. The topological polar surface area (TPSA) is 165 Å². The maximum Gasteiger partial charge on any atom is 0.512 e. The molecule has 154 valence electrons. The van der Waals surface area contributed by atoms with Gasteiger partial charge in [0, 0.05) is 0 Å². The lowest BCUT2D eigenvalue weighted by Crippen LogP contribution is -2.46. The number of carbonyl (C=O) groups excluding carboxylic acids is 1. The third kappa shape index (κ3) is 3.15. The summed E-state index contributed by atoms with van der Waals surface area (Å²) in [6, 6.07) is 4.82. The molecule has 0 spiro atoms. The lowest BCUT2D eigenvalue weighted by atomic mass is 10.0. The number of nitriles is 1. The first-order valence-electron chi connectivity index (χ1n) is 9.24. The molecule has 1 aliphatic carbocycles. The van der Waals surface area contributed by atoms with Gasteiger partial charge in [-0.15, -0.1) is 0 Å². The van der Waals surface area contributed by atoms with Crippen LogP contribution in [0.1, 0.15) is 44.4 Å². The zero-order valence-corrected chi connectivity index (χ0v) is 15.7. The summed E-state index contributed by atoms with van der Waals surface area (Å²) >= 11 is 0. The maximum absolute atomic E-state index is 12.3. The van der Waals surface area contributed by atoms with E-state index in [0.717, 1.165) is 12.8 Å². The van der Waals surface area contributed by atoms with Crippen LogP contribution in [0.15, 0.2) is 18.5 Å². The van der Waals surface area contributed by atoms with Crippen LogP contribution < -0.4 is 5.73 Å². The number of nitrogens with zero attached hydrogens (tertiary/aromatic N) is 4. The molecule has 11 heteroatoms. The predicted molar refractivity (Wildman–Crippen MR) is 96.0 cm³/mol. The largest absolute Gasteiger partial charge is 0.512 e. The number of anilines is 1. The standard InChI is InChI=1S/C18H21N5O6/c1-17(6-2-3-7-17)28-16(26)29-18(8-19)14(25)12(24)13(27-18)10-4-5-11-15(20)21-9-22-23(10)11/h4-5,9,12-14,24-25H,2-3,6-7H2,1H3,(H2,20,21,22)/t12-,13-,14-,18+/m0/s1. The van der Waals surface area contributed by atoms with E-state index in [1.165, 1.54) is 10.8 Å². The van der Waals surface area contributed by atoms with E-state index in [4.69, 9.17) is 19.9 Å². The number of aliphatic hydroxyl groups is 2. The fourth-order valence-electron chi connectivity index (χ4n) is 3.91. The summed E-state index contributed by atoms with van der Waals surface area (Å²) < 4.78 is 17.4. The Labute approximate surface area is 165 Å². The molecule has 0 bridgehead atoms. The normalized spacial score (nSPS) is 30.9. The van der Waals surface area contributed by atoms with Crippen molar-refractivity contribution in [2.75, 3.05) is 5.73 Å². The third-order valence-electron chi connectivity index (χ3n) is 5.51. The van der Waals surface area contributed by atoms with E-state index >= 15 is 0 Å². The number of ether oxygens (including phenoxy) is 3. The smallest absolute Gasteiger partial charge is 0.428 e. The molecule has 2 aromatic heterocycles. The molecule has 29 heavy (non-hydrogen) atoms. The first kappa shape index (κ1) is 19.4. The van der Waals surface area contributed by atoms with E-state index in [0.29, 0.717) is 24.1 Å². The number of aromatic nitrogens is 3. The predicted octanol–water partition coefficient (Wildman–Crippen LogP) is 0.810. The summed E-state index contributed by atoms with van der Waals surface area (Å²) in [7, 11) is 0. The number of nitrogen functional groups attached to an aromatic ring is 1. The fraction of sp³-hybridized carbons (Fsp3) is 0.556. The van der Waals surface area contributed by atoms with Gasteiger partial charge in [0.1, 0.15) is 35.7 Å². The fourth-order valence-corrected chi connectivity index (χ4v) is 3.91. The summed E-state index contributed by atoms with van der Waals surface area (Å²) in [6.07, 6.45) is -1.35. The van der Waals surface area contributed by atoms with Crippen LogP contribution in [0.3, 0.4) is 0 Å². The minimum Gasteiger partial charge on any atom is -0.428 e. The molecule has 0 radical (unpaired) electrons. The van der Waals surface area contributed by atoms with Crippen molar-refractivity contribution in [3.05, 3.63) is 24.2 Å². The lowest BCUT2D eigenvalue weighted by molar-refractivity contribution is -0.205. The van der Waals surface area contributed by atoms with Gasteiger partial charge in [-0.05, 0) is 44.7 Å². The van der Waals surface area contributed by atoms with Gasteiger partial charge in [0.05, 0.1) is 5.69 Å². The first-order chi connectivity index (χ1) is 13.8. The van der Waals surface area contributed by atoms with Gasteiger partial charge in [0.15, 0.2) is 11.9 Å². The summed E-state index contributed by atoms with van der Waals surface area (Å²) in [6.45, 7) is 1.78. The van der Waals surface area contributed by atoms with Crippen LogP contribution in [0.5, 0.6) is 0 Å². The Morgan fingerprint density at radius 2 is 2.10 bits per heavy atom. The van der Waals surface area contributed by atoms with Crippen molar-refractivity contribution in [3.63, 3.8) is 0 Å². The molecule has 2 fully saturated rings. The molecule has 4 rings (SSSR count). The number of hydrogen-bond donors (Lipinski definition) is 3. The van der Waals surface area contributed by atoms with Gasteiger partial charge in [-0.25, -0.2) is 14.3 Å². The molecule has 0 aromatic carbocycles. The van der Waals surface area contributed by atoms with Crippen LogP contribution in [-0.4, -0.2) is 54.6 Å². The zero-order chi connectivity index (χ0) is 20.8. The summed E-state index contributed by atoms with van der Waals surface area (Å²) in [5.74, 6) is -2.23. The van der Waals surface area contributed by atoms with E-state index < -0.39 is 35.9 Å². The van der Waals surface area contributed by atoms with Gasteiger partial charge < -0.3 is 30.2 Å². The molecule has 4 N–H and O–H groups in total. The molecular weight excluding hydrogens is 382 g/mol. The minimum atomic E-state index is -2.43. The Balaban J connectivity index is 1.59. The Hall–Kier alpha value is -2.94. The van der Waals surface area contributed by atoms with Gasteiger partial charge in [-0.2, -0.15) is 10.4 Å². The molecule has 0 amide bonds. The van der Waals surface area contributed by atoms with Crippen molar-refractivity contribution in [2.45, 2.75) is 62.3 Å². The average molecular weight is 403 g/mol. The SMILES string of the molecule is CC1(OC(=O)O[C@@]2(C#N)O[C@@H](c3ccc4c(N)ncnn34)[C@H](O)[C@@H]2O)CCCC1. The van der Waals surface area contributed by atoms with Gasteiger partial charge in [-0.1, -0.05) is 0 Å². The number of rotatable bonds is 3. The van der Waals surface area contributed by atoms with E-state index in [-0.39, 0.29) is 5.82 Å². The molecule has 4 atom stereocenters. The molecule has 2 aliphatic rings. The molecule has 1 aliphatic heterocycles.